The first-order valence-corrected chi connectivity index (χ1v) is 13.0. The summed E-state index contributed by atoms with van der Waals surface area (Å²) in [5, 5.41) is 9.95. The lowest BCUT2D eigenvalue weighted by atomic mass is 9.35. The first kappa shape index (κ1) is 24.8. The molecule has 6 aliphatic rings. The molecule has 3 aliphatic carbocycles. The summed E-state index contributed by atoms with van der Waals surface area (Å²) >= 11 is 0. The highest BCUT2D eigenvalue weighted by molar-refractivity contribution is 5.96. The van der Waals surface area contributed by atoms with Crippen LogP contribution in [0.3, 0.4) is 0 Å². The molecular weight excluding hydrogens is 480 g/mol. The SMILES string of the molecule is CC(=O)O[C@@H]1C[C@@H]2C(C)(C)C(=O)C=C[C@@]2(C)[C@@H]2CC[C@@]3(C)[C@H](C4=C[C@H](O)OC4=O)OC(=O)[C@H]4O[C@]43[C@@]12C. The van der Waals surface area contributed by atoms with Gasteiger partial charge in [0.05, 0.1) is 5.57 Å². The number of rotatable bonds is 2. The minimum Gasteiger partial charge on any atom is -0.462 e. The zero-order valence-corrected chi connectivity index (χ0v) is 22.0. The van der Waals surface area contributed by atoms with Crippen molar-refractivity contribution < 1.29 is 43.2 Å². The minimum absolute atomic E-state index is 0.0473. The van der Waals surface area contributed by atoms with E-state index in [9.17, 15) is 24.3 Å². The number of fused-ring (bicyclic) bond motifs is 3. The van der Waals surface area contributed by atoms with Gasteiger partial charge >= 0.3 is 17.9 Å². The van der Waals surface area contributed by atoms with Gasteiger partial charge in [-0.2, -0.15) is 0 Å². The number of carbonyl (C=O) groups is 4. The first-order valence-electron chi connectivity index (χ1n) is 13.0. The second-order valence-electron chi connectivity index (χ2n) is 12.9. The molecule has 0 aromatic heterocycles. The number of hydrogen-bond acceptors (Lipinski definition) is 9. The maximum atomic E-state index is 13.3. The second-order valence-corrected chi connectivity index (χ2v) is 12.9. The van der Waals surface area contributed by atoms with Crippen LogP contribution in [0, 0.1) is 33.5 Å². The van der Waals surface area contributed by atoms with E-state index in [2.05, 4.69) is 6.92 Å². The number of cyclic esters (lactones) is 2. The Morgan fingerprint density at radius 2 is 1.76 bits per heavy atom. The number of epoxide rings is 1. The van der Waals surface area contributed by atoms with Gasteiger partial charge in [-0.05, 0) is 48.7 Å². The van der Waals surface area contributed by atoms with Crippen molar-refractivity contribution in [2.45, 2.75) is 91.0 Å². The Morgan fingerprint density at radius 1 is 1.05 bits per heavy atom. The van der Waals surface area contributed by atoms with Crippen LogP contribution in [0.5, 0.6) is 0 Å². The largest absolute Gasteiger partial charge is 0.462 e. The van der Waals surface area contributed by atoms with Gasteiger partial charge in [0.15, 0.2) is 11.9 Å². The number of ketones is 1. The Balaban J connectivity index is 1.54. The summed E-state index contributed by atoms with van der Waals surface area (Å²) in [4.78, 5) is 51.3. The van der Waals surface area contributed by atoms with Crippen molar-refractivity contribution in [3.05, 3.63) is 23.8 Å². The Bertz CT molecular complexity index is 1200. The zero-order chi connectivity index (χ0) is 26.9. The van der Waals surface area contributed by atoms with E-state index in [1.807, 2.05) is 33.8 Å². The third-order valence-electron chi connectivity index (χ3n) is 11.1. The topological polar surface area (TPSA) is 129 Å². The molecule has 0 radical (unpaired) electrons. The van der Waals surface area contributed by atoms with E-state index in [4.69, 9.17) is 18.9 Å². The van der Waals surface area contributed by atoms with Crippen LogP contribution in [0.25, 0.3) is 0 Å². The molecule has 37 heavy (non-hydrogen) atoms. The van der Waals surface area contributed by atoms with Crippen molar-refractivity contribution in [2.24, 2.45) is 33.5 Å². The van der Waals surface area contributed by atoms with Gasteiger partial charge in [0, 0.05) is 23.2 Å². The van der Waals surface area contributed by atoms with Crippen LogP contribution in [0.1, 0.15) is 60.8 Å². The molecule has 4 fully saturated rings. The van der Waals surface area contributed by atoms with Gasteiger partial charge in [-0.25, -0.2) is 9.59 Å². The standard InChI is InChI=1S/C28H34O9/c1-13(29)34-18-12-16-24(2,3)17(30)8-9-25(16,4)15-7-10-26(5)20(14-11-19(31)35-22(14)32)36-23(33)21-28(26,37-21)27(15,18)6/h8-9,11,15-16,18-21,31H,7,10,12H2,1-6H3/t15-,16+,18+,19+,20-,21+,25-,26-,27+,28+/m0/s1. The Hall–Kier alpha value is -2.52. The Morgan fingerprint density at radius 3 is 2.38 bits per heavy atom. The number of hydrogen-bond donors (Lipinski definition) is 1. The molecule has 9 nitrogen and oxygen atoms in total. The monoisotopic (exact) mass is 514 g/mol. The highest BCUT2D eigenvalue weighted by atomic mass is 16.7. The molecule has 200 valence electrons. The van der Waals surface area contributed by atoms with E-state index in [1.165, 1.54) is 13.0 Å². The van der Waals surface area contributed by atoms with Gasteiger partial charge < -0.3 is 24.1 Å². The molecule has 10 atom stereocenters. The van der Waals surface area contributed by atoms with Crippen molar-refractivity contribution in [3.8, 4) is 0 Å². The molecule has 3 aliphatic heterocycles. The van der Waals surface area contributed by atoms with Crippen molar-refractivity contribution in [2.75, 3.05) is 0 Å². The lowest BCUT2D eigenvalue weighted by Gasteiger charge is -2.68. The zero-order valence-electron chi connectivity index (χ0n) is 22.0. The van der Waals surface area contributed by atoms with E-state index in [-0.39, 0.29) is 23.2 Å². The van der Waals surface area contributed by atoms with Crippen molar-refractivity contribution in [1.82, 2.24) is 0 Å². The molecule has 0 unspecified atom stereocenters. The van der Waals surface area contributed by atoms with Crippen LogP contribution < -0.4 is 0 Å². The number of allylic oxidation sites excluding steroid dienone is 2. The molecule has 1 spiro atoms. The Kier molecular flexibility index (Phi) is 4.77. The van der Waals surface area contributed by atoms with E-state index in [1.54, 1.807) is 6.08 Å². The number of aliphatic hydroxyl groups excluding tert-OH is 1. The summed E-state index contributed by atoms with van der Waals surface area (Å²) in [5.74, 6) is -1.88. The van der Waals surface area contributed by atoms with E-state index in [0.717, 1.165) is 0 Å². The fourth-order valence-corrected chi connectivity index (χ4v) is 9.38. The van der Waals surface area contributed by atoms with Gasteiger partial charge in [-0.15, -0.1) is 0 Å². The van der Waals surface area contributed by atoms with E-state index < -0.39 is 69.8 Å². The maximum absolute atomic E-state index is 13.3. The lowest BCUT2D eigenvalue weighted by molar-refractivity contribution is -0.247. The van der Waals surface area contributed by atoms with Gasteiger partial charge in [-0.3, -0.25) is 9.59 Å². The summed E-state index contributed by atoms with van der Waals surface area (Å²) in [6.07, 6.45) is 2.76. The molecule has 2 saturated carbocycles. The number of carbonyl (C=O) groups excluding carboxylic acids is 4. The molecule has 9 heteroatoms. The summed E-state index contributed by atoms with van der Waals surface area (Å²) in [6.45, 7) is 11.4. The van der Waals surface area contributed by atoms with Crippen LogP contribution in [0.2, 0.25) is 0 Å². The van der Waals surface area contributed by atoms with Crippen molar-refractivity contribution in [3.63, 3.8) is 0 Å². The quantitative estimate of drug-likeness (QED) is 0.335. The predicted octanol–water partition coefficient (Wildman–Crippen LogP) is 2.40. The number of ether oxygens (including phenoxy) is 4. The highest BCUT2D eigenvalue weighted by Crippen LogP contribution is 2.78. The average molecular weight is 515 g/mol. The van der Waals surface area contributed by atoms with Crippen molar-refractivity contribution in [1.29, 1.82) is 0 Å². The number of esters is 3. The maximum Gasteiger partial charge on any atom is 0.340 e. The van der Waals surface area contributed by atoms with Crippen LogP contribution in [-0.2, 0) is 38.1 Å². The smallest absolute Gasteiger partial charge is 0.340 e. The first-order chi connectivity index (χ1) is 17.1. The molecule has 2 saturated heterocycles. The number of aliphatic hydroxyl groups is 1. The van der Waals surface area contributed by atoms with Gasteiger partial charge in [0.25, 0.3) is 0 Å². The summed E-state index contributed by atoms with van der Waals surface area (Å²) in [5.41, 5.74) is -3.74. The molecule has 0 bridgehead atoms. The van der Waals surface area contributed by atoms with Crippen LogP contribution >= 0.6 is 0 Å². The predicted molar refractivity (Wildman–Crippen MR) is 126 cm³/mol. The van der Waals surface area contributed by atoms with Gasteiger partial charge in [0.2, 0.25) is 6.29 Å². The summed E-state index contributed by atoms with van der Waals surface area (Å²) in [7, 11) is 0. The fourth-order valence-electron chi connectivity index (χ4n) is 9.38. The van der Waals surface area contributed by atoms with Crippen LogP contribution in [0.15, 0.2) is 23.8 Å². The normalized spacial score (nSPS) is 51.0. The fraction of sp³-hybridized carbons (Fsp3) is 0.714. The van der Waals surface area contributed by atoms with Crippen LogP contribution in [-0.4, -0.2) is 59.0 Å². The van der Waals surface area contributed by atoms with E-state index in [0.29, 0.717) is 19.3 Å². The molecular formula is C28H34O9. The van der Waals surface area contributed by atoms with Crippen LogP contribution in [0.4, 0.5) is 0 Å². The van der Waals surface area contributed by atoms with E-state index >= 15 is 0 Å². The Labute approximate surface area is 215 Å². The minimum atomic E-state index is -1.40. The van der Waals surface area contributed by atoms with Gasteiger partial charge in [0.1, 0.15) is 17.8 Å². The third kappa shape index (κ3) is 2.72. The lowest BCUT2D eigenvalue weighted by Crippen LogP contribution is -2.74. The average Bonchev–Trinajstić information content (AvgIpc) is 3.49. The second kappa shape index (κ2) is 7.11. The molecule has 1 N–H and O–H groups in total. The van der Waals surface area contributed by atoms with Gasteiger partial charge in [-0.1, -0.05) is 40.7 Å². The third-order valence-corrected chi connectivity index (χ3v) is 11.1. The molecule has 0 aromatic carbocycles. The van der Waals surface area contributed by atoms with Crippen molar-refractivity contribution >= 4 is 23.7 Å². The summed E-state index contributed by atoms with van der Waals surface area (Å²) in [6, 6.07) is 0. The molecule has 0 amide bonds. The summed E-state index contributed by atoms with van der Waals surface area (Å²) < 4.78 is 23.2. The molecule has 0 aromatic rings. The highest BCUT2D eigenvalue weighted by Gasteiger charge is 2.88. The molecule has 6 rings (SSSR count). The molecule has 3 heterocycles.